The number of carbonyl (C=O) groups excluding carboxylic acids is 1. The summed E-state index contributed by atoms with van der Waals surface area (Å²) in [5, 5.41) is 3.31. The Kier molecular flexibility index (Phi) is 7.60. The first-order chi connectivity index (χ1) is 14.3. The lowest BCUT2D eigenvalue weighted by molar-refractivity contribution is 0.00584. The molecule has 0 aromatic heterocycles. The molecule has 0 heterocycles. The van der Waals surface area contributed by atoms with Gasteiger partial charge in [-0.3, -0.25) is 0 Å². The maximum absolute atomic E-state index is 12.9. The molecule has 5 heteroatoms. The predicted molar refractivity (Wildman–Crippen MR) is 113 cm³/mol. The molecule has 3 rings (SSSR count). The molecule has 0 bridgehead atoms. The monoisotopic (exact) mass is 392 g/mol. The van der Waals surface area contributed by atoms with Gasteiger partial charge in [0.2, 0.25) is 0 Å². The minimum absolute atomic E-state index is 0.163. The van der Waals surface area contributed by atoms with Crippen LogP contribution in [-0.4, -0.2) is 52.7 Å². The Hall–Kier alpha value is -2.91. The number of hydrogen-bond acceptors (Lipinski definition) is 5. The van der Waals surface area contributed by atoms with Crippen molar-refractivity contribution in [3.8, 4) is 12.3 Å². The third-order valence-electron chi connectivity index (χ3n) is 4.54. The Morgan fingerprint density at radius 3 is 1.79 bits per heavy atom. The fraction of sp³-hybridized carbons (Fsp3) is 0.292. The van der Waals surface area contributed by atoms with Crippen LogP contribution in [0.5, 0.6) is 0 Å². The quantitative estimate of drug-likeness (QED) is 0.227. The number of hydrogen-bond donors (Lipinski definition) is 0. The highest BCUT2D eigenvalue weighted by Gasteiger charge is 2.18. The second-order valence-electron chi connectivity index (χ2n) is 6.34. The van der Waals surface area contributed by atoms with Gasteiger partial charge in [0.1, 0.15) is 6.61 Å². The zero-order valence-corrected chi connectivity index (χ0v) is 16.5. The number of fused-ring (bicyclic) bond motifs is 2. The molecule has 0 radical (unpaired) electrons. The van der Waals surface area contributed by atoms with Crippen molar-refractivity contribution in [3.05, 3.63) is 59.7 Å². The molecule has 3 aromatic carbocycles. The van der Waals surface area contributed by atoms with E-state index >= 15 is 0 Å². The zero-order valence-electron chi connectivity index (χ0n) is 16.5. The van der Waals surface area contributed by atoms with Crippen LogP contribution < -0.4 is 0 Å². The second kappa shape index (κ2) is 10.6. The van der Waals surface area contributed by atoms with Crippen molar-refractivity contribution >= 4 is 27.5 Å². The van der Waals surface area contributed by atoms with Gasteiger partial charge < -0.3 is 18.9 Å². The number of rotatable bonds is 10. The Balaban J connectivity index is 1.71. The van der Waals surface area contributed by atoms with E-state index in [0.29, 0.717) is 38.6 Å². The molecule has 5 nitrogen and oxygen atoms in total. The first-order valence-corrected chi connectivity index (χ1v) is 9.49. The normalized spacial score (nSPS) is 10.9. The summed E-state index contributed by atoms with van der Waals surface area (Å²) in [4.78, 5) is 12.9. The summed E-state index contributed by atoms with van der Waals surface area (Å²) in [5.74, 6) is 2.38. The van der Waals surface area contributed by atoms with Gasteiger partial charge in [-0.25, -0.2) is 4.79 Å². The van der Waals surface area contributed by atoms with Crippen LogP contribution in [0.15, 0.2) is 48.5 Å². The van der Waals surface area contributed by atoms with E-state index in [1.807, 2.05) is 48.5 Å². The van der Waals surface area contributed by atoms with Crippen molar-refractivity contribution in [1.29, 1.82) is 0 Å². The summed E-state index contributed by atoms with van der Waals surface area (Å²) in [6, 6.07) is 15.3. The summed E-state index contributed by atoms with van der Waals surface area (Å²) in [6.45, 7) is 2.46. The van der Waals surface area contributed by atoms with Crippen LogP contribution in [0.4, 0.5) is 0 Å². The molecule has 150 valence electrons. The van der Waals surface area contributed by atoms with Gasteiger partial charge in [-0.2, -0.15) is 0 Å². The van der Waals surface area contributed by atoms with Gasteiger partial charge in [0, 0.05) is 12.7 Å². The number of terminal acetylenes is 1. The second-order valence-corrected chi connectivity index (χ2v) is 6.34. The van der Waals surface area contributed by atoms with E-state index in [-0.39, 0.29) is 12.6 Å². The van der Waals surface area contributed by atoms with E-state index in [4.69, 9.17) is 25.4 Å². The number of ether oxygens (including phenoxy) is 4. The van der Waals surface area contributed by atoms with Crippen molar-refractivity contribution in [3.63, 3.8) is 0 Å². The van der Waals surface area contributed by atoms with E-state index < -0.39 is 0 Å². The van der Waals surface area contributed by atoms with E-state index in [1.165, 1.54) is 0 Å². The lowest BCUT2D eigenvalue weighted by Crippen LogP contribution is -2.14. The zero-order chi connectivity index (χ0) is 20.5. The summed E-state index contributed by atoms with van der Waals surface area (Å²) < 4.78 is 21.1. The van der Waals surface area contributed by atoms with E-state index in [9.17, 15) is 4.79 Å². The Labute approximate surface area is 170 Å². The lowest BCUT2D eigenvalue weighted by atomic mass is 9.92. The first kappa shape index (κ1) is 20.8. The van der Waals surface area contributed by atoms with Crippen LogP contribution in [0.2, 0.25) is 0 Å². The molecule has 0 N–H and O–H groups in total. The minimum atomic E-state index is -0.388. The smallest absolute Gasteiger partial charge is 0.339 e. The molecule has 0 fully saturated rings. The molecule has 0 unspecified atom stereocenters. The predicted octanol–water partition coefficient (Wildman–Crippen LogP) is 3.81. The van der Waals surface area contributed by atoms with Gasteiger partial charge in [-0.15, -0.1) is 6.42 Å². The Bertz CT molecular complexity index is 962. The van der Waals surface area contributed by atoms with Crippen LogP contribution in [0, 0.1) is 12.3 Å². The number of esters is 1. The van der Waals surface area contributed by atoms with Gasteiger partial charge in [0.25, 0.3) is 0 Å². The van der Waals surface area contributed by atoms with Crippen molar-refractivity contribution in [1.82, 2.24) is 0 Å². The molecule has 0 aliphatic rings. The molecule has 0 amide bonds. The van der Waals surface area contributed by atoms with Crippen molar-refractivity contribution in [2.75, 3.05) is 46.8 Å². The van der Waals surface area contributed by atoms with Crippen LogP contribution in [-0.2, 0) is 18.9 Å². The SMILES string of the molecule is C#Cc1c2ccccc2c(C(=O)OCCOCCOCCOC)c2ccccc12. The topological polar surface area (TPSA) is 54.0 Å². The molecule has 0 aliphatic carbocycles. The van der Waals surface area contributed by atoms with Crippen LogP contribution >= 0.6 is 0 Å². The fourth-order valence-corrected chi connectivity index (χ4v) is 3.23. The van der Waals surface area contributed by atoms with E-state index in [0.717, 1.165) is 27.1 Å². The summed E-state index contributed by atoms with van der Waals surface area (Å²) >= 11 is 0. The van der Waals surface area contributed by atoms with E-state index in [2.05, 4.69) is 5.92 Å². The van der Waals surface area contributed by atoms with Crippen molar-refractivity contribution < 1.29 is 23.7 Å². The molecule has 0 saturated carbocycles. The van der Waals surface area contributed by atoms with Crippen LogP contribution in [0.25, 0.3) is 21.5 Å². The molecule has 0 spiro atoms. The third kappa shape index (κ3) is 4.93. The summed E-state index contributed by atoms with van der Waals surface area (Å²) in [7, 11) is 1.63. The molecular weight excluding hydrogens is 368 g/mol. The lowest BCUT2D eigenvalue weighted by Gasteiger charge is -2.14. The number of benzene rings is 3. The van der Waals surface area contributed by atoms with Crippen LogP contribution in [0.1, 0.15) is 15.9 Å². The van der Waals surface area contributed by atoms with E-state index in [1.54, 1.807) is 7.11 Å². The molecule has 29 heavy (non-hydrogen) atoms. The fourth-order valence-electron chi connectivity index (χ4n) is 3.23. The maximum atomic E-state index is 12.9. The highest BCUT2D eigenvalue weighted by molar-refractivity contribution is 6.19. The Morgan fingerprint density at radius 2 is 1.28 bits per heavy atom. The van der Waals surface area contributed by atoms with Crippen molar-refractivity contribution in [2.24, 2.45) is 0 Å². The third-order valence-corrected chi connectivity index (χ3v) is 4.54. The minimum Gasteiger partial charge on any atom is -0.460 e. The van der Waals surface area contributed by atoms with Crippen LogP contribution in [0.3, 0.4) is 0 Å². The number of carbonyl (C=O) groups is 1. The number of methoxy groups -OCH3 is 1. The summed E-state index contributed by atoms with van der Waals surface area (Å²) in [5.41, 5.74) is 1.31. The summed E-state index contributed by atoms with van der Waals surface area (Å²) in [6.07, 6.45) is 5.77. The van der Waals surface area contributed by atoms with Gasteiger partial charge >= 0.3 is 5.97 Å². The molecule has 0 saturated heterocycles. The Morgan fingerprint density at radius 1 is 0.793 bits per heavy atom. The first-order valence-electron chi connectivity index (χ1n) is 9.49. The highest BCUT2D eigenvalue weighted by atomic mass is 16.6. The van der Waals surface area contributed by atoms with Crippen molar-refractivity contribution in [2.45, 2.75) is 0 Å². The molecular formula is C24H24O5. The van der Waals surface area contributed by atoms with Gasteiger partial charge in [0.15, 0.2) is 0 Å². The standard InChI is InChI=1S/C24H24O5/c1-3-18-19-8-4-6-10-21(19)23(22-11-7-5-9-20(18)22)24(25)29-17-16-28-15-14-27-13-12-26-2/h1,4-11H,12-17H2,2H3. The average Bonchev–Trinajstić information content (AvgIpc) is 2.76. The average molecular weight is 392 g/mol. The van der Waals surface area contributed by atoms with Gasteiger partial charge in [0.05, 0.1) is 38.6 Å². The maximum Gasteiger partial charge on any atom is 0.339 e. The van der Waals surface area contributed by atoms with Gasteiger partial charge in [-0.1, -0.05) is 54.5 Å². The largest absolute Gasteiger partial charge is 0.460 e. The van der Waals surface area contributed by atoms with Gasteiger partial charge in [-0.05, 0) is 21.5 Å². The molecule has 0 aliphatic heterocycles. The molecule has 0 atom stereocenters. The highest BCUT2D eigenvalue weighted by Crippen LogP contribution is 2.32. The molecule has 3 aromatic rings.